The zero-order valence-corrected chi connectivity index (χ0v) is 26.1. The molecule has 0 N–H and O–H groups in total. The van der Waals surface area contributed by atoms with Crippen LogP contribution in [0.15, 0.2) is 41.4 Å². The van der Waals surface area contributed by atoms with Crippen LogP contribution in [-0.2, 0) is 33.6 Å². The van der Waals surface area contributed by atoms with Crippen molar-refractivity contribution >= 4 is 0 Å². The third kappa shape index (κ3) is 77.5. The van der Waals surface area contributed by atoms with E-state index in [-0.39, 0.29) is 55.7 Å². The van der Waals surface area contributed by atoms with Crippen molar-refractivity contribution in [3.63, 3.8) is 0 Å². The first-order valence-corrected chi connectivity index (χ1v) is 10.3. The average Bonchev–Trinajstić information content (AvgIpc) is 2.60. The molecule has 0 atom stereocenters. The molecule has 14 heteroatoms. The van der Waals surface area contributed by atoms with Gasteiger partial charge in [0, 0.05) is 0 Å². The summed E-state index contributed by atoms with van der Waals surface area (Å²) in [6, 6.07) is 0. The molecule has 0 aliphatic rings. The minimum atomic E-state index is -0.0838. The monoisotopic (exact) mass is 574 g/mol. The van der Waals surface area contributed by atoms with Gasteiger partial charge in [0.2, 0.25) is 0 Å². The van der Waals surface area contributed by atoms with Crippen LogP contribution >= 0.6 is 0 Å². The SMILES string of the molecule is C[N-]N=NC(C)(C)C.C[N-]N=NC(C)(C)C.C[N-]N=NC(C)(C)C.C[N-]N=NC(C)(C)C.[Co+2].[Co+2]. The molecular formula is C20H48Co2N12. The minimum absolute atomic E-state index is 0. The third-order valence-corrected chi connectivity index (χ3v) is 1.74. The molecule has 0 aliphatic carbocycles. The largest absolute Gasteiger partial charge is 2.00 e. The van der Waals surface area contributed by atoms with Crippen LogP contribution in [0, 0.1) is 0 Å². The van der Waals surface area contributed by atoms with Gasteiger partial charge in [-0.1, -0.05) is 83.1 Å². The van der Waals surface area contributed by atoms with Gasteiger partial charge in [-0.3, -0.25) is 20.9 Å². The Morgan fingerprint density at radius 1 is 0.324 bits per heavy atom. The van der Waals surface area contributed by atoms with E-state index in [2.05, 4.69) is 63.1 Å². The Hall–Kier alpha value is -1.39. The van der Waals surface area contributed by atoms with Crippen LogP contribution < -0.4 is 0 Å². The number of hydrogen-bond donors (Lipinski definition) is 0. The molecule has 0 bridgehead atoms. The first-order chi connectivity index (χ1) is 14.2. The van der Waals surface area contributed by atoms with Gasteiger partial charge in [-0.25, -0.2) is 0 Å². The summed E-state index contributed by atoms with van der Waals surface area (Å²) in [5.74, 6) is 0. The van der Waals surface area contributed by atoms with Gasteiger partial charge in [0.1, 0.15) is 0 Å². The van der Waals surface area contributed by atoms with Gasteiger partial charge in [0.25, 0.3) is 0 Å². The van der Waals surface area contributed by atoms with Crippen molar-refractivity contribution in [2.24, 2.45) is 41.4 Å². The van der Waals surface area contributed by atoms with E-state index in [1.54, 1.807) is 28.2 Å². The molecule has 12 nitrogen and oxygen atoms in total. The van der Waals surface area contributed by atoms with Gasteiger partial charge < -0.3 is 42.2 Å². The summed E-state index contributed by atoms with van der Waals surface area (Å²) in [6.07, 6.45) is 0. The summed E-state index contributed by atoms with van der Waals surface area (Å²) in [7, 11) is 6.43. The summed E-state index contributed by atoms with van der Waals surface area (Å²) in [5, 5.41) is 29.3. The van der Waals surface area contributed by atoms with Crippen LogP contribution in [0.25, 0.3) is 21.7 Å². The zero-order chi connectivity index (χ0) is 26.5. The van der Waals surface area contributed by atoms with Crippen molar-refractivity contribution in [3.05, 3.63) is 21.7 Å². The van der Waals surface area contributed by atoms with Crippen molar-refractivity contribution in [2.45, 2.75) is 105 Å². The molecule has 0 fully saturated rings. The maximum atomic E-state index is 3.83. The maximum Gasteiger partial charge on any atom is 2.00 e. The zero-order valence-electron chi connectivity index (χ0n) is 24.0. The molecule has 0 amide bonds. The van der Waals surface area contributed by atoms with Gasteiger partial charge in [-0.2, -0.15) is 0 Å². The van der Waals surface area contributed by atoms with Crippen molar-refractivity contribution in [3.8, 4) is 0 Å². The van der Waals surface area contributed by atoms with Gasteiger partial charge in [-0.15, -0.1) is 0 Å². The fraction of sp³-hybridized carbons (Fsp3) is 1.00. The molecule has 0 aliphatic heterocycles. The number of nitrogens with zero attached hydrogens (tertiary/aromatic N) is 12. The van der Waals surface area contributed by atoms with Gasteiger partial charge in [0.05, 0.1) is 0 Å². The van der Waals surface area contributed by atoms with E-state index in [1.165, 1.54) is 0 Å². The number of hydrogen-bond acceptors (Lipinski definition) is 8. The molecule has 0 unspecified atom stereocenters. The smallest absolute Gasteiger partial charge is 0.386 e. The third-order valence-electron chi connectivity index (χ3n) is 1.74. The molecule has 0 aromatic rings. The Bertz CT molecular complexity index is 428. The molecule has 0 aromatic carbocycles. The van der Waals surface area contributed by atoms with E-state index in [0.29, 0.717) is 0 Å². The summed E-state index contributed by atoms with van der Waals surface area (Å²) in [6.45, 7) is 23.7. The van der Waals surface area contributed by atoms with Crippen LogP contribution in [0.4, 0.5) is 0 Å². The molecule has 0 saturated carbocycles. The Balaban J connectivity index is -0.0000000754. The van der Waals surface area contributed by atoms with E-state index in [4.69, 9.17) is 0 Å². The van der Waals surface area contributed by atoms with E-state index in [9.17, 15) is 0 Å². The van der Waals surface area contributed by atoms with Crippen molar-refractivity contribution in [2.75, 3.05) is 28.2 Å². The summed E-state index contributed by atoms with van der Waals surface area (Å²) < 4.78 is 0. The van der Waals surface area contributed by atoms with Crippen molar-refractivity contribution < 1.29 is 33.6 Å². The second-order valence-corrected chi connectivity index (χ2v) is 10.2. The Morgan fingerprint density at radius 3 is 0.471 bits per heavy atom. The molecule has 0 heterocycles. The topological polar surface area (TPSA) is 155 Å². The molecule has 2 radical (unpaired) electrons. The van der Waals surface area contributed by atoms with Crippen LogP contribution in [0.2, 0.25) is 0 Å². The van der Waals surface area contributed by atoms with Crippen LogP contribution in [0.1, 0.15) is 83.1 Å². The Kier molecular flexibility index (Phi) is 33.5. The van der Waals surface area contributed by atoms with Crippen LogP contribution in [0.5, 0.6) is 0 Å². The molecule has 0 rings (SSSR count). The Morgan fingerprint density at radius 2 is 0.441 bits per heavy atom. The predicted molar refractivity (Wildman–Crippen MR) is 136 cm³/mol. The summed E-state index contributed by atoms with van der Waals surface area (Å²) in [5.41, 5.74) is 13.6. The van der Waals surface area contributed by atoms with E-state index in [1.807, 2.05) is 83.1 Å². The first-order valence-electron chi connectivity index (χ1n) is 10.3. The minimum Gasteiger partial charge on any atom is -0.386 e. The van der Waals surface area contributed by atoms with Gasteiger partial charge in [-0.05, 0) is 50.3 Å². The molecule has 0 saturated heterocycles. The molecule has 0 aromatic heterocycles. The molecule has 206 valence electrons. The molecule has 0 spiro atoms. The number of rotatable bonds is 4. The molecular weight excluding hydrogens is 526 g/mol. The van der Waals surface area contributed by atoms with E-state index < -0.39 is 0 Å². The summed E-state index contributed by atoms with van der Waals surface area (Å²) >= 11 is 0. The Labute approximate surface area is 229 Å². The predicted octanol–water partition coefficient (Wildman–Crippen LogP) is 8.62. The van der Waals surface area contributed by atoms with Gasteiger partial charge in [0.15, 0.2) is 0 Å². The fourth-order valence-electron chi connectivity index (χ4n) is 0.716. The quantitative estimate of drug-likeness (QED) is 0.233. The normalized spacial score (nSPS) is 11.8. The summed E-state index contributed by atoms with van der Waals surface area (Å²) in [4.78, 5) is 0. The molecule has 34 heavy (non-hydrogen) atoms. The van der Waals surface area contributed by atoms with Gasteiger partial charge >= 0.3 is 33.6 Å². The second kappa shape index (κ2) is 24.7. The second-order valence-electron chi connectivity index (χ2n) is 10.2. The maximum absolute atomic E-state index is 3.83. The standard InChI is InChI=1S/4C5H12N3.2Co/c4*1-5(2,3)7-8-6-4;;/h4*1-4H3;;/q4*-1;2*+2. The fourth-order valence-corrected chi connectivity index (χ4v) is 0.716. The first kappa shape index (κ1) is 46.0. The van der Waals surface area contributed by atoms with Crippen molar-refractivity contribution in [1.82, 2.24) is 0 Å². The average molecular weight is 575 g/mol. The van der Waals surface area contributed by atoms with Crippen LogP contribution in [-0.4, -0.2) is 50.3 Å². The van der Waals surface area contributed by atoms with Crippen molar-refractivity contribution in [1.29, 1.82) is 0 Å². The van der Waals surface area contributed by atoms with E-state index in [0.717, 1.165) is 0 Å². The van der Waals surface area contributed by atoms with E-state index >= 15 is 0 Å². The van der Waals surface area contributed by atoms with Crippen LogP contribution in [0.3, 0.4) is 0 Å².